The smallest absolute Gasteiger partial charge is 0.330 e. The van der Waals surface area contributed by atoms with Crippen molar-refractivity contribution >= 4 is 29.2 Å². The van der Waals surface area contributed by atoms with Gasteiger partial charge in [0.1, 0.15) is 0 Å². The number of nitrogens with one attached hydrogen (secondary N) is 2. The zero-order chi connectivity index (χ0) is 16.5. The molecule has 118 valence electrons. The van der Waals surface area contributed by atoms with E-state index in [9.17, 15) is 14.4 Å². The zero-order valence-corrected chi connectivity index (χ0v) is 12.9. The van der Waals surface area contributed by atoms with E-state index in [0.717, 1.165) is 17.7 Å². The van der Waals surface area contributed by atoms with Crippen molar-refractivity contribution in [1.82, 2.24) is 0 Å². The molecular weight excluding hydrogens is 284 g/mol. The van der Waals surface area contributed by atoms with Crippen LogP contribution in [0.15, 0.2) is 30.4 Å². The van der Waals surface area contributed by atoms with Gasteiger partial charge in [0.15, 0.2) is 0 Å². The lowest BCUT2D eigenvalue weighted by Gasteiger charge is -2.10. The van der Waals surface area contributed by atoms with E-state index in [2.05, 4.69) is 15.4 Å². The lowest BCUT2D eigenvalue weighted by atomic mass is 10.1. The molecule has 0 aromatic heterocycles. The minimum absolute atomic E-state index is 0.103. The number of anilines is 2. The summed E-state index contributed by atoms with van der Waals surface area (Å²) in [6, 6.07) is 5.17. The van der Waals surface area contributed by atoms with Gasteiger partial charge in [0.2, 0.25) is 11.8 Å². The standard InChI is InChI=1S/C16H20N2O4/c1-4-14(19)18-13-10-12(7-6-11(13)3)17-15(20)8-9-16(21)22-5-2/h6-10H,4-5H2,1-3H3,(H,17,20)(H,18,19)/b9-8+. The monoisotopic (exact) mass is 304 g/mol. The summed E-state index contributed by atoms with van der Waals surface area (Å²) in [7, 11) is 0. The van der Waals surface area contributed by atoms with E-state index in [4.69, 9.17) is 0 Å². The van der Waals surface area contributed by atoms with Gasteiger partial charge in [0, 0.05) is 29.9 Å². The van der Waals surface area contributed by atoms with Gasteiger partial charge in [-0.25, -0.2) is 4.79 Å². The SMILES string of the molecule is CCOC(=O)/C=C/C(=O)Nc1ccc(C)c(NC(=O)CC)c1. The Kier molecular flexibility index (Phi) is 6.82. The Bertz CT molecular complexity index is 594. The second-order valence-corrected chi connectivity index (χ2v) is 4.51. The summed E-state index contributed by atoms with van der Waals surface area (Å²) >= 11 is 0. The molecule has 0 spiro atoms. The third kappa shape index (κ3) is 5.78. The molecule has 0 aliphatic carbocycles. The van der Waals surface area contributed by atoms with E-state index in [1.165, 1.54) is 0 Å². The molecular formula is C16H20N2O4. The molecule has 0 bridgehead atoms. The van der Waals surface area contributed by atoms with Crippen molar-refractivity contribution in [2.24, 2.45) is 0 Å². The van der Waals surface area contributed by atoms with Gasteiger partial charge in [-0.2, -0.15) is 0 Å². The highest BCUT2D eigenvalue weighted by atomic mass is 16.5. The molecule has 2 N–H and O–H groups in total. The maximum atomic E-state index is 11.7. The number of rotatable bonds is 6. The summed E-state index contributed by atoms with van der Waals surface area (Å²) in [5, 5.41) is 5.37. The first-order valence-electron chi connectivity index (χ1n) is 7.02. The van der Waals surface area contributed by atoms with Gasteiger partial charge >= 0.3 is 5.97 Å². The second kappa shape index (κ2) is 8.61. The Hall–Kier alpha value is -2.63. The average molecular weight is 304 g/mol. The molecule has 6 heteroatoms. The van der Waals surface area contributed by atoms with Crippen molar-refractivity contribution in [3.63, 3.8) is 0 Å². The molecule has 0 unspecified atom stereocenters. The van der Waals surface area contributed by atoms with Gasteiger partial charge in [0.05, 0.1) is 6.61 Å². The molecule has 0 atom stereocenters. The third-order valence-corrected chi connectivity index (χ3v) is 2.76. The van der Waals surface area contributed by atoms with E-state index in [0.29, 0.717) is 17.8 Å². The van der Waals surface area contributed by atoms with Crippen LogP contribution in [0.4, 0.5) is 11.4 Å². The highest BCUT2D eigenvalue weighted by molar-refractivity contribution is 6.03. The van der Waals surface area contributed by atoms with Crippen molar-refractivity contribution in [3.05, 3.63) is 35.9 Å². The molecule has 0 radical (unpaired) electrons. The first-order valence-corrected chi connectivity index (χ1v) is 7.02. The van der Waals surface area contributed by atoms with Crippen LogP contribution in [-0.2, 0) is 19.1 Å². The second-order valence-electron chi connectivity index (χ2n) is 4.51. The van der Waals surface area contributed by atoms with E-state index >= 15 is 0 Å². The topological polar surface area (TPSA) is 84.5 Å². The summed E-state index contributed by atoms with van der Waals surface area (Å²) in [4.78, 5) is 34.3. The first kappa shape index (κ1) is 17.4. The normalized spacial score (nSPS) is 10.3. The molecule has 0 aliphatic heterocycles. The van der Waals surface area contributed by atoms with Crippen LogP contribution in [-0.4, -0.2) is 24.4 Å². The number of esters is 1. The van der Waals surface area contributed by atoms with Crippen LogP contribution in [0.25, 0.3) is 0 Å². The van der Waals surface area contributed by atoms with E-state index < -0.39 is 11.9 Å². The Morgan fingerprint density at radius 2 is 1.86 bits per heavy atom. The summed E-state index contributed by atoms with van der Waals surface area (Å²) in [6.07, 6.45) is 2.53. The van der Waals surface area contributed by atoms with Gasteiger partial charge in [-0.1, -0.05) is 13.0 Å². The zero-order valence-electron chi connectivity index (χ0n) is 12.9. The van der Waals surface area contributed by atoms with Crippen molar-refractivity contribution in [3.8, 4) is 0 Å². The quantitative estimate of drug-likeness (QED) is 0.624. The van der Waals surface area contributed by atoms with Crippen LogP contribution in [0, 0.1) is 6.92 Å². The molecule has 2 amide bonds. The van der Waals surface area contributed by atoms with Crippen LogP contribution in [0.2, 0.25) is 0 Å². The Balaban J connectivity index is 2.73. The summed E-state index contributed by atoms with van der Waals surface area (Å²) < 4.78 is 4.68. The molecule has 0 aliphatic rings. The van der Waals surface area contributed by atoms with Gasteiger partial charge in [-0.15, -0.1) is 0 Å². The minimum Gasteiger partial charge on any atom is -0.463 e. The van der Waals surface area contributed by atoms with Gasteiger partial charge in [-0.05, 0) is 31.5 Å². The maximum Gasteiger partial charge on any atom is 0.330 e. The minimum atomic E-state index is -0.572. The largest absolute Gasteiger partial charge is 0.463 e. The van der Waals surface area contributed by atoms with Gasteiger partial charge in [-0.3, -0.25) is 9.59 Å². The third-order valence-electron chi connectivity index (χ3n) is 2.76. The number of aryl methyl sites for hydroxylation is 1. The first-order chi connectivity index (χ1) is 10.5. The summed E-state index contributed by atoms with van der Waals surface area (Å²) in [5.74, 6) is -1.13. The molecule has 6 nitrogen and oxygen atoms in total. The van der Waals surface area contributed by atoms with Crippen molar-refractivity contribution in [2.45, 2.75) is 27.2 Å². The number of hydrogen-bond acceptors (Lipinski definition) is 4. The predicted molar refractivity (Wildman–Crippen MR) is 84.5 cm³/mol. The Morgan fingerprint density at radius 3 is 2.50 bits per heavy atom. The maximum absolute atomic E-state index is 11.7. The van der Waals surface area contributed by atoms with Crippen LogP contribution in [0.5, 0.6) is 0 Å². The molecule has 22 heavy (non-hydrogen) atoms. The number of ether oxygens (including phenoxy) is 1. The molecule has 1 aromatic rings. The van der Waals surface area contributed by atoms with E-state index in [1.807, 2.05) is 6.92 Å². The lowest BCUT2D eigenvalue weighted by molar-refractivity contribution is -0.137. The number of amides is 2. The molecule has 0 heterocycles. The van der Waals surface area contributed by atoms with Crippen molar-refractivity contribution in [1.29, 1.82) is 0 Å². The number of benzene rings is 1. The van der Waals surface area contributed by atoms with Crippen LogP contribution in [0.1, 0.15) is 25.8 Å². The summed E-state index contributed by atoms with van der Waals surface area (Å²) in [6.45, 7) is 5.56. The number of carbonyl (C=O) groups is 3. The number of hydrogen-bond donors (Lipinski definition) is 2. The highest BCUT2D eigenvalue weighted by Gasteiger charge is 2.06. The Labute approximate surface area is 129 Å². The highest BCUT2D eigenvalue weighted by Crippen LogP contribution is 2.20. The molecule has 0 fully saturated rings. The molecule has 0 saturated heterocycles. The fourth-order valence-corrected chi connectivity index (χ4v) is 1.59. The fourth-order valence-electron chi connectivity index (χ4n) is 1.59. The molecule has 1 rings (SSSR count). The predicted octanol–water partition coefficient (Wildman–Crippen LogP) is 2.40. The summed E-state index contributed by atoms with van der Waals surface area (Å²) in [5.41, 5.74) is 2.05. The van der Waals surface area contributed by atoms with Crippen molar-refractivity contribution in [2.75, 3.05) is 17.2 Å². The van der Waals surface area contributed by atoms with Crippen LogP contribution >= 0.6 is 0 Å². The van der Waals surface area contributed by atoms with Crippen molar-refractivity contribution < 1.29 is 19.1 Å². The van der Waals surface area contributed by atoms with Gasteiger partial charge in [0.25, 0.3) is 0 Å². The average Bonchev–Trinajstić information content (AvgIpc) is 2.48. The fraction of sp³-hybridized carbons (Fsp3) is 0.312. The molecule has 0 saturated carbocycles. The van der Waals surface area contributed by atoms with Crippen LogP contribution < -0.4 is 10.6 Å². The van der Waals surface area contributed by atoms with Gasteiger partial charge < -0.3 is 15.4 Å². The number of carbonyl (C=O) groups excluding carboxylic acids is 3. The van der Waals surface area contributed by atoms with E-state index in [-0.39, 0.29) is 12.5 Å². The molecule has 1 aromatic carbocycles. The Morgan fingerprint density at radius 1 is 1.14 bits per heavy atom. The van der Waals surface area contributed by atoms with E-state index in [1.54, 1.807) is 32.0 Å². The van der Waals surface area contributed by atoms with Crippen LogP contribution in [0.3, 0.4) is 0 Å². The lowest BCUT2D eigenvalue weighted by Crippen LogP contribution is -2.12.